The van der Waals surface area contributed by atoms with Crippen LogP contribution in [0.4, 0.5) is 5.69 Å². The van der Waals surface area contributed by atoms with E-state index < -0.39 is 11.8 Å². The Morgan fingerprint density at radius 3 is 2.59 bits per heavy atom. The van der Waals surface area contributed by atoms with Crippen molar-refractivity contribution >= 4 is 29.1 Å². The molecule has 0 saturated carbocycles. The highest BCUT2D eigenvalue weighted by molar-refractivity contribution is 6.30. The SMILES string of the molecule is CNC(=O)c1nn(C)cc1NC(=O)c1ccn(COc2ccc(Cl)cc2)n1. The highest BCUT2D eigenvalue weighted by atomic mass is 35.5. The number of rotatable bonds is 6. The number of aryl methyl sites for hydroxylation is 1. The van der Waals surface area contributed by atoms with Gasteiger partial charge in [-0.2, -0.15) is 10.2 Å². The van der Waals surface area contributed by atoms with Gasteiger partial charge in [-0.05, 0) is 30.3 Å². The lowest BCUT2D eigenvalue weighted by atomic mass is 10.3. The van der Waals surface area contributed by atoms with E-state index in [0.717, 1.165) is 0 Å². The molecule has 2 N–H and O–H groups in total. The Morgan fingerprint density at radius 1 is 1.15 bits per heavy atom. The van der Waals surface area contributed by atoms with Gasteiger partial charge < -0.3 is 15.4 Å². The first kappa shape index (κ1) is 18.5. The van der Waals surface area contributed by atoms with Crippen molar-refractivity contribution in [2.75, 3.05) is 12.4 Å². The minimum atomic E-state index is -0.460. The Morgan fingerprint density at radius 2 is 1.89 bits per heavy atom. The van der Waals surface area contributed by atoms with Crippen molar-refractivity contribution in [1.29, 1.82) is 0 Å². The highest BCUT2D eigenvalue weighted by Gasteiger charge is 2.18. The summed E-state index contributed by atoms with van der Waals surface area (Å²) in [6, 6.07) is 8.47. The number of hydrogen-bond acceptors (Lipinski definition) is 5. The molecule has 2 aromatic heterocycles. The zero-order chi connectivity index (χ0) is 19.4. The fourth-order valence-electron chi connectivity index (χ4n) is 2.28. The Bertz CT molecular complexity index is 963. The van der Waals surface area contributed by atoms with Crippen LogP contribution >= 0.6 is 11.6 Å². The molecule has 0 radical (unpaired) electrons. The van der Waals surface area contributed by atoms with Gasteiger partial charge in [0.05, 0.1) is 5.69 Å². The number of carbonyl (C=O) groups excluding carboxylic acids is 2. The number of anilines is 1. The number of nitrogens with zero attached hydrogens (tertiary/aromatic N) is 4. The molecule has 10 heteroatoms. The first-order chi connectivity index (χ1) is 13.0. The van der Waals surface area contributed by atoms with Gasteiger partial charge in [0.25, 0.3) is 11.8 Å². The molecule has 3 rings (SSSR count). The molecule has 0 spiro atoms. The summed E-state index contributed by atoms with van der Waals surface area (Å²) >= 11 is 5.83. The van der Waals surface area contributed by atoms with E-state index in [9.17, 15) is 9.59 Å². The predicted octanol–water partition coefficient (Wildman–Crippen LogP) is 1.92. The van der Waals surface area contributed by atoms with Crippen molar-refractivity contribution in [2.24, 2.45) is 7.05 Å². The first-order valence-corrected chi connectivity index (χ1v) is 8.33. The van der Waals surface area contributed by atoms with Crippen molar-refractivity contribution in [3.8, 4) is 5.75 Å². The van der Waals surface area contributed by atoms with Crippen LogP contribution in [0, 0.1) is 0 Å². The van der Waals surface area contributed by atoms with Crippen LogP contribution in [0.15, 0.2) is 42.7 Å². The summed E-state index contributed by atoms with van der Waals surface area (Å²) in [5.41, 5.74) is 0.606. The molecule has 0 aliphatic rings. The minimum absolute atomic E-state index is 0.124. The van der Waals surface area contributed by atoms with E-state index >= 15 is 0 Å². The molecule has 9 nitrogen and oxygen atoms in total. The van der Waals surface area contributed by atoms with Crippen molar-refractivity contribution in [2.45, 2.75) is 6.73 Å². The lowest BCUT2D eigenvalue weighted by molar-refractivity contribution is 0.0958. The molecular formula is C17H17ClN6O3. The summed E-state index contributed by atoms with van der Waals surface area (Å²) in [6.07, 6.45) is 3.16. The Hall–Kier alpha value is -3.33. The van der Waals surface area contributed by atoms with Gasteiger partial charge in [0, 0.05) is 31.5 Å². The van der Waals surface area contributed by atoms with E-state index in [1.54, 1.807) is 49.8 Å². The molecule has 140 valence electrons. The number of benzene rings is 1. The lowest BCUT2D eigenvalue weighted by Crippen LogP contribution is -2.21. The molecule has 3 aromatic rings. The third kappa shape index (κ3) is 4.45. The summed E-state index contributed by atoms with van der Waals surface area (Å²) in [5.74, 6) is -0.224. The van der Waals surface area contributed by atoms with Gasteiger partial charge in [-0.15, -0.1) is 0 Å². The Labute approximate surface area is 159 Å². The van der Waals surface area contributed by atoms with E-state index in [2.05, 4.69) is 20.8 Å². The second-order valence-electron chi connectivity index (χ2n) is 5.57. The molecule has 1 aromatic carbocycles. The first-order valence-electron chi connectivity index (χ1n) is 7.95. The van der Waals surface area contributed by atoms with E-state index in [0.29, 0.717) is 16.5 Å². The van der Waals surface area contributed by atoms with Gasteiger partial charge in [0.15, 0.2) is 18.1 Å². The molecule has 2 heterocycles. The summed E-state index contributed by atoms with van der Waals surface area (Å²) in [4.78, 5) is 24.2. The van der Waals surface area contributed by atoms with Crippen molar-refractivity contribution in [3.63, 3.8) is 0 Å². The molecule has 27 heavy (non-hydrogen) atoms. The van der Waals surface area contributed by atoms with Crippen LogP contribution < -0.4 is 15.4 Å². The van der Waals surface area contributed by atoms with Crippen LogP contribution in [0.3, 0.4) is 0 Å². The van der Waals surface area contributed by atoms with Crippen LogP contribution in [-0.2, 0) is 13.8 Å². The van der Waals surface area contributed by atoms with Gasteiger partial charge >= 0.3 is 0 Å². The molecule has 0 aliphatic heterocycles. The Kier molecular flexibility index (Phi) is 5.41. The summed E-state index contributed by atoms with van der Waals surface area (Å²) in [7, 11) is 3.15. The van der Waals surface area contributed by atoms with Crippen LogP contribution in [0.25, 0.3) is 0 Å². The van der Waals surface area contributed by atoms with Crippen LogP contribution in [-0.4, -0.2) is 38.4 Å². The zero-order valence-electron chi connectivity index (χ0n) is 14.6. The standard InChI is InChI=1S/C17H17ClN6O3/c1-19-17(26)15-14(9-23(2)22-15)20-16(25)13-7-8-24(21-13)10-27-12-5-3-11(18)4-6-12/h3-9H,10H2,1-2H3,(H,19,26)(H,20,25). The van der Waals surface area contributed by atoms with Gasteiger partial charge in [-0.1, -0.05) is 11.6 Å². The number of aromatic nitrogens is 4. The molecule has 0 atom stereocenters. The van der Waals surface area contributed by atoms with E-state index in [4.69, 9.17) is 16.3 Å². The number of carbonyl (C=O) groups is 2. The van der Waals surface area contributed by atoms with Gasteiger partial charge in [-0.3, -0.25) is 14.3 Å². The largest absolute Gasteiger partial charge is 0.471 e. The molecule has 2 amide bonds. The maximum atomic E-state index is 12.4. The van der Waals surface area contributed by atoms with E-state index in [-0.39, 0.29) is 18.1 Å². The van der Waals surface area contributed by atoms with Crippen molar-refractivity contribution in [1.82, 2.24) is 24.9 Å². The summed E-state index contributed by atoms with van der Waals surface area (Å²) < 4.78 is 8.49. The zero-order valence-corrected chi connectivity index (χ0v) is 15.4. The fraction of sp³-hybridized carbons (Fsp3) is 0.176. The molecular weight excluding hydrogens is 372 g/mol. The third-order valence-electron chi connectivity index (χ3n) is 3.57. The van der Waals surface area contributed by atoms with Crippen LogP contribution in [0.1, 0.15) is 21.0 Å². The van der Waals surface area contributed by atoms with Crippen molar-refractivity contribution < 1.29 is 14.3 Å². The normalized spacial score (nSPS) is 10.5. The van der Waals surface area contributed by atoms with Crippen molar-refractivity contribution in [3.05, 3.63) is 59.1 Å². The average Bonchev–Trinajstić information content (AvgIpc) is 3.27. The van der Waals surface area contributed by atoms with E-state index in [1.165, 1.54) is 16.4 Å². The molecule has 0 bridgehead atoms. The van der Waals surface area contributed by atoms with Crippen LogP contribution in [0.5, 0.6) is 5.75 Å². The van der Waals surface area contributed by atoms with Gasteiger partial charge in [0.1, 0.15) is 5.75 Å². The summed E-state index contributed by atoms with van der Waals surface area (Å²) in [6.45, 7) is 0.130. The summed E-state index contributed by atoms with van der Waals surface area (Å²) in [5, 5.41) is 13.9. The van der Waals surface area contributed by atoms with Gasteiger partial charge in [-0.25, -0.2) is 4.68 Å². The minimum Gasteiger partial charge on any atom is -0.471 e. The highest BCUT2D eigenvalue weighted by Crippen LogP contribution is 2.16. The smallest absolute Gasteiger partial charge is 0.276 e. The molecule has 0 unspecified atom stereocenters. The maximum absolute atomic E-state index is 12.4. The lowest BCUT2D eigenvalue weighted by Gasteiger charge is -2.06. The monoisotopic (exact) mass is 388 g/mol. The number of ether oxygens (including phenoxy) is 1. The second kappa shape index (κ2) is 7.92. The number of amides is 2. The molecule has 0 aliphatic carbocycles. The molecule has 0 fully saturated rings. The molecule has 0 saturated heterocycles. The Balaban J connectivity index is 1.65. The maximum Gasteiger partial charge on any atom is 0.276 e. The second-order valence-corrected chi connectivity index (χ2v) is 6.00. The van der Waals surface area contributed by atoms with Gasteiger partial charge in [0.2, 0.25) is 0 Å². The van der Waals surface area contributed by atoms with Crippen LogP contribution in [0.2, 0.25) is 5.02 Å². The third-order valence-corrected chi connectivity index (χ3v) is 3.82. The fourth-order valence-corrected chi connectivity index (χ4v) is 2.40. The quantitative estimate of drug-likeness (QED) is 0.671. The topological polar surface area (TPSA) is 103 Å². The van der Waals surface area contributed by atoms with E-state index in [1.807, 2.05) is 0 Å². The predicted molar refractivity (Wildman–Crippen MR) is 98.9 cm³/mol. The average molecular weight is 389 g/mol. The number of halogens is 1. The number of hydrogen-bond donors (Lipinski definition) is 2. The number of nitrogens with one attached hydrogen (secondary N) is 2.